The standard InChI is InChI=1S/C27H24F3N5O2S/c1-15-9-17(12-31-21-5-3-4-6-22(21)38-33-25(36)24(29)30)23-20(10-15)26(37)34(2)27(32-23)35-13-16-7-8-19(28)11-18(16)14-35/h3-11,24,31H,12-14H2,1-2H3,(H,33,36). The van der Waals surface area contributed by atoms with Crippen molar-refractivity contribution < 1.29 is 18.0 Å². The molecule has 0 saturated carbocycles. The molecular formula is C27H24F3N5O2S. The zero-order valence-corrected chi connectivity index (χ0v) is 21.4. The van der Waals surface area contributed by atoms with Gasteiger partial charge < -0.3 is 10.2 Å². The van der Waals surface area contributed by atoms with Crippen molar-refractivity contribution in [3.05, 3.63) is 93.0 Å². The predicted molar refractivity (Wildman–Crippen MR) is 142 cm³/mol. The van der Waals surface area contributed by atoms with Gasteiger partial charge in [-0.2, -0.15) is 8.78 Å². The molecule has 1 aliphatic heterocycles. The maximum absolute atomic E-state index is 13.8. The van der Waals surface area contributed by atoms with Gasteiger partial charge in [0.05, 0.1) is 15.8 Å². The topological polar surface area (TPSA) is 79.3 Å². The van der Waals surface area contributed by atoms with Crippen LogP contribution in [0.15, 0.2) is 64.3 Å². The van der Waals surface area contributed by atoms with Crippen molar-refractivity contribution in [3.63, 3.8) is 0 Å². The molecule has 196 valence electrons. The molecule has 0 aliphatic carbocycles. The van der Waals surface area contributed by atoms with Crippen LogP contribution in [0.5, 0.6) is 0 Å². The molecule has 0 bridgehead atoms. The molecule has 2 N–H and O–H groups in total. The van der Waals surface area contributed by atoms with E-state index in [1.807, 2.05) is 17.9 Å². The summed E-state index contributed by atoms with van der Waals surface area (Å²) >= 11 is 0.800. The third kappa shape index (κ3) is 5.06. The molecule has 38 heavy (non-hydrogen) atoms. The van der Waals surface area contributed by atoms with Gasteiger partial charge in [-0.1, -0.05) is 24.3 Å². The monoisotopic (exact) mass is 539 g/mol. The number of hydrogen-bond acceptors (Lipinski definition) is 6. The minimum atomic E-state index is -3.11. The van der Waals surface area contributed by atoms with Crippen molar-refractivity contribution >= 4 is 40.4 Å². The van der Waals surface area contributed by atoms with E-state index in [0.29, 0.717) is 47.1 Å². The van der Waals surface area contributed by atoms with Crippen molar-refractivity contribution in [1.82, 2.24) is 14.3 Å². The van der Waals surface area contributed by atoms with Crippen molar-refractivity contribution in [1.29, 1.82) is 0 Å². The second-order valence-corrected chi connectivity index (χ2v) is 9.93. The number of fused-ring (bicyclic) bond motifs is 2. The Bertz CT molecular complexity index is 1610. The van der Waals surface area contributed by atoms with Gasteiger partial charge in [0, 0.05) is 32.4 Å². The lowest BCUT2D eigenvalue weighted by Crippen LogP contribution is -2.28. The molecule has 7 nitrogen and oxygen atoms in total. The molecule has 0 fully saturated rings. The number of alkyl halides is 2. The predicted octanol–water partition coefficient (Wildman–Crippen LogP) is 4.90. The summed E-state index contributed by atoms with van der Waals surface area (Å²) in [6, 6.07) is 15.4. The average molecular weight is 540 g/mol. The second kappa shape index (κ2) is 10.4. The van der Waals surface area contributed by atoms with E-state index in [1.54, 1.807) is 43.4 Å². The SMILES string of the molecule is Cc1cc(CNc2ccccc2SNC(=O)C(F)F)c2nc(N3Cc4ccc(F)cc4C3)n(C)c(=O)c2c1. The molecule has 2 heterocycles. The first-order chi connectivity index (χ1) is 18.2. The lowest BCUT2D eigenvalue weighted by Gasteiger charge is -2.21. The van der Waals surface area contributed by atoms with Crippen molar-refractivity contribution in [3.8, 4) is 0 Å². The van der Waals surface area contributed by atoms with Crippen LogP contribution < -0.4 is 20.5 Å². The van der Waals surface area contributed by atoms with E-state index in [0.717, 1.165) is 34.2 Å². The first kappa shape index (κ1) is 25.7. The Morgan fingerprint density at radius 2 is 1.87 bits per heavy atom. The fourth-order valence-corrected chi connectivity index (χ4v) is 5.26. The largest absolute Gasteiger partial charge is 0.380 e. The van der Waals surface area contributed by atoms with E-state index in [9.17, 15) is 22.8 Å². The maximum atomic E-state index is 13.8. The number of nitrogens with zero attached hydrogens (tertiary/aromatic N) is 3. The van der Waals surface area contributed by atoms with Gasteiger partial charge in [0.25, 0.3) is 11.5 Å². The molecule has 1 aliphatic rings. The van der Waals surface area contributed by atoms with E-state index in [1.165, 1.54) is 16.7 Å². The van der Waals surface area contributed by atoms with Gasteiger partial charge in [-0.25, -0.2) is 9.37 Å². The summed E-state index contributed by atoms with van der Waals surface area (Å²) in [6.07, 6.45) is -3.11. The van der Waals surface area contributed by atoms with Crippen LogP contribution in [0.3, 0.4) is 0 Å². The lowest BCUT2D eigenvalue weighted by atomic mass is 10.1. The van der Waals surface area contributed by atoms with Gasteiger partial charge in [0.2, 0.25) is 5.95 Å². The Balaban J connectivity index is 1.46. The van der Waals surface area contributed by atoms with E-state index in [2.05, 4.69) is 10.0 Å². The Hall–Kier alpha value is -3.99. The minimum absolute atomic E-state index is 0.192. The summed E-state index contributed by atoms with van der Waals surface area (Å²) in [7, 11) is 1.68. The van der Waals surface area contributed by atoms with Crippen LogP contribution in [0, 0.1) is 12.7 Å². The number of amides is 1. The third-order valence-corrected chi connectivity index (χ3v) is 7.25. The third-order valence-electron chi connectivity index (χ3n) is 6.37. The Kier molecular flexibility index (Phi) is 7.02. The number of rotatable bonds is 7. The molecule has 0 radical (unpaired) electrons. The highest BCUT2D eigenvalue weighted by Crippen LogP contribution is 2.30. The molecular weight excluding hydrogens is 515 g/mol. The van der Waals surface area contributed by atoms with Gasteiger partial charge in [0.1, 0.15) is 5.82 Å². The van der Waals surface area contributed by atoms with Crippen LogP contribution in [0.1, 0.15) is 22.3 Å². The summed E-state index contributed by atoms with van der Waals surface area (Å²) < 4.78 is 42.6. The number of aryl methyl sites for hydroxylation is 1. The average Bonchev–Trinajstić information content (AvgIpc) is 3.31. The molecule has 0 saturated heterocycles. The fourth-order valence-electron chi connectivity index (χ4n) is 4.56. The lowest BCUT2D eigenvalue weighted by molar-refractivity contribution is -0.129. The number of aromatic nitrogens is 2. The van der Waals surface area contributed by atoms with Crippen molar-refractivity contribution in [2.75, 3.05) is 10.2 Å². The van der Waals surface area contributed by atoms with Gasteiger partial charge in [-0.15, -0.1) is 0 Å². The number of benzene rings is 3. The number of carbonyl (C=O) groups is 1. The molecule has 5 rings (SSSR count). The molecule has 4 aromatic rings. The quantitative estimate of drug-likeness (QED) is 0.325. The van der Waals surface area contributed by atoms with E-state index in [-0.39, 0.29) is 11.4 Å². The summed E-state index contributed by atoms with van der Waals surface area (Å²) in [4.78, 5) is 32.1. The smallest absolute Gasteiger partial charge is 0.316 e. The van der Waals surface area contributed by atoms with Crippen LogP contribution in [0.4, 0.5) is 24.8 Å². The zero-order valence-electron chi connectivity index (χ0n) is 20.6. The van der Waals surface area contributed by atoms with Crippen LogP contribution in [-0.4, -0.2) is 21.9 Å². The summed E-state index contributed by atoms with van der Waals surface area (Å²) in [5, 5.41) is 3.76. The molecule has 0 atom stereocenters. The molecule has 0 unspecified atom stereocenters. The van der Waals surface area contributed by atoms with Gasteiger partial charge in [-0.05, 0) is 71.5 Å². The molecule has 3 aromatic carbocycles. The Morgan fingerprint density at radius 1 is 1.11 bits per heavy atom. The number of anilines is 2. The second-order valence-electron chi connectivity index (χ2n) is 9.08. The van der Waals surface area contributed by atoms with Gasteiger partial charge in [0.15, 0.2) is 0 Å². The number of halogens is 3. The van der Waals surface area contributed by atoms with Crippen molar-refractivity contribution in [2.24, 2.45) is 7.05 Å². The molecule has 11 heteroatoms. The number of carbonyl (C=O) groups excluding carboxylic acids is 1. The molecule has 1 aromatic heterocycles. The van der Waals surface area contributed by atoms with Crippen molar-refractivity contribution in [2.45, 2.75) is 37.9 Å². The van der Waals surface area contributed by atoms with Gasteiger partial charge in [-0.3, -0.25) is 18.9 Å². The fraction of sp³-hybridized carbons (Fsp3) is 0.222. The normalized spacial score (nSPS) is 12.7. The number of nitrogens with one attached hydrogen (secondary N) is 2. The van der Waals surface area contributed by atoms with Crippen LogP contribution in [0.2, 0.25) is 0 Å². The van der Waals surface area contributed by atoms with Crippen LogP contribution in [-0.2, 0) is 31.5 Å². The van der Waals surface area contributed by atoms with Crippen LogP contribution in [0.25, 0.3) is 10.9 Å². The Labute approximate surface area is 220 Å². The zero-order chi connectivity index (χ0) is 27.0. The molecule has 1 amide bonds. The number of hydrogen-bond donors (Lipinski definition) is 2. The summed E-state index contributed by atoms with van der Waals surface area (Å²) in [6.45, 7) is 3.14. The van der Waals surface area contributed by atoms with Gasteiger partial charge >= 0.3 is 6.43 Å². The summed E-state index contributed by atoms with van der Waals surface area (Å²) in [5.74, 6) is -1.19. The van der Waals surface area contributed by atoms with E-state index < -0.39 is 12.3 Å². The maximum Gasteiger partial charge on any atom is 0.316 e. The van der Waals surface area contributed by atoms with Crippen LogP contribution >= 0.6 is 11.9 Å². The first-order valence-corrected chi connectivity index (χ1v) is 12.6. The minimum Gasteiger partial charge on any atom is -0.380 e. The highest BCUT2D eigenvalue weighted by molar-refractivity contribution is 7.98. The Morgan fingerprint density at radius 3 is 2.66 bits per heavy atom. The van der Waals surface area contributed by atoms with E-state index in [4.69, 9.17) is 4.98 Å². The molecule has 0 spiro atoms. The number of para-hydroxylation sites is 1. The highest BCUT2D eigenvalue weighted by Gasteiger charge is 2.24. The summed E-state index contributed by atoms with van der Waals surface area (Å²) in [5.41, 5.74) is 4.48. The van der Waals surface area contributed by atoms with E-state index >= 15 is 0 Å². The highest BCUT2D eigenvalue weighted by atomic mass is 32.2. The first-order valence-electron chi connectivity index (χ1n) is 11.8.